The van der Waals surface area contributed by atoms with E-state index in [-0.39, 0.29) is 10.9 Å². The summed E-state index contributed by atoms with van der Waals surface area (Å²) in [6, 6.07) is 3.39. The van der Waals surface area contributed by atoms with Gasteiger partial charge in [-0.05, 0) is 18.2 Å². The summed E-state index contributed by atoms with van der Waals surface area (Å²) in [5.41, 5.74) is 3.62. The van der Waals surface area contributed by atoms with Gasteiger partial charge in [0, 0.05) is 0 Å². The van der Waals surface area contributed by atoms with Crippen LogP contribution in [0.1, 0.15) is 0 Å². The number of hydrogen-bond donors (Lipinski definition) is 2. The van der Waals surface area contributed by atoms with E-state index < -0.39 is 29.5 Å². The minimum absolute atomic E-state index is 0.00847. The predicted octanol–water partition coefficient (Wildman–Crippen LogP) is -0.686. The first-order valence-electron chi connectivity index (χ1n) is 4.70. The average molecular weight is 237 g/mol. The normalized spacial score (nSPS) is 10.6. The molecule has 1 aromatic carbocycles. The molecule has 0 fully saturated rings. The van der Waals surface area contributed by atoms with E-state index in [1.54, 1.807) is 0 Å². The lowest BCUT2D eigenvalue weighted by Crippen LogP contribution is -2.39. The highest BCUT2D eigenvalue weighted by atomic mass is 19.1. The smallest absolute Gasteiger partial charge is 0.329 e. The number of nitrogens with one attached hydrogen (secondary N) is 1. The van der Waals surface area contributed by atoms with Crippen molar-refractivity contribution in [2.24, 2.45) is 5.73 Å². The van der Waals surface area contributed by atoms with Crippen molar-refractivity contribution in [2.45, 2.75) is 6.54 Å². The van der Waals surface area contributed by atoms with Gasteiger partial charge >= 0.3 is 5.69 Å². The van der Waals surface area contributed by atoms with Crippen molar-refractivity contribution in [3.63, 3.8) is 0 Å². The Kier molecular flexibility index (Phi) is 2.51. The van der Waals surface area contributed by atoms with Gasteiger partial charge in [0.05, 0.1) is 10.9 Å². The van der Waals surface area contributed by atoms with Crippen molar-refractivity contribution in [3.05, 3.63) is 44.9 Å². The van der Waals surface area contributed by atoms with E-state index in [2.05, 4.69) is 4.98 Å². The maximum Gasteiger partial charge on any atom is 0.329 e. The van der Waals surface area contributed by atoms with Crippen LogP contribution in [0.15, 0.2) is 27.8 Å². The number of primary amides is 1. The molecule has 0 spiro atoms. The van der Waals surface area contributed by atoms with Gasteiger partial charge in [-0.2, -0.15) is 0 Å². The Morgan fingerprint density at radius 2 is 2.12 bits per heavy atom. The van der Waals surface area contributed by atoms with E-state index >= 15 is 0 Å². The first kappa shape index (κ1) is 11.1. The number of H-pyrrole nitrogens is 1. The summed E-state index contributed by atoms with van der Waals surface area (Å²) in [4.78, 5) is 36.4. The van der Waals surface area contributed by atoms with Gasteiger partial charge < -0.3 is 10.7 Å². The average Bonchev–Trinajstić information content (AvgIpc) is 2.25. The fraction of sp³-hybridized carbons (Fsp3) is 0.100. The van der Waals surface area contributed by atoms with Crippen LogP contribution in [0, 0.1) is 5.82 Å². The molecule has 2 rings (SSSR count). The van der Waals surface area contributed by atoms with Gasteiger partial charge in [0.15, 0.2) is 0 Å². The molecule has 1 heterocycles. The molecule has 6 nitrogen and oxygen atoms in total. The summed E-state index contributed by atoms with van der Waals surface area (Å²) < 4.78 is 13.6. The molecule has 88 valence electrons. The van der Waals surface area contributed by atoms with Gasteiger partial charge in [-0.15, -0.1) is 0 Å². The molecular weight excluding hydrogens is 229 g/mol. The van der Waals surface area contributed by atoms with E-state index in [1.165, 1.54) is 6.07 Å². The molecular formula is C10H8FN3O3. The van der Waals surface area contributed by atoms with Crippen molar-refractivity contribution in [1.29, 1.82) is 0 Å². The fourth-order valence-corrected chi connectivity index (χ4v) is 1.52. The Balaban J connectivity index is 2.83. The number of halogens is 1. The molecule has 0 aliphatic rings. The molecule has 0 radical (unpaired) electrons. The number of amides is 1. The predicted molar refractivity (Wildman–Crippen MR) is 58.0 cm³/mol. The van der Waals surface area contributed by atoms with Gasteiger partial charge in [0.25, 0.3) is 5.56 Å². The van der Waals surface area contributed by atoms with Gasteiger partial charge in [-0.1, -0.05) is 0 Å². The van der Waals surface area contributed by atoms with Gasteiger partial charge in [0.2, 0.25) is 5.91 Å². The van der Waals surface area contributed by atoms with Crippen LogP contribution in [0.5, 0.6) is 0 Å². The Morgan fingerprint density at radius 3 is 2.76 bits per heavy atom. The molecule has 0 aliphatic carbocycles. The van der Waals surface area contributed by atoms with E-state index in [0.29, 0.717) is 4.57 Å². The van der Waals surface area contributed by atoms with E-state index in [4.69, 9.17) is 5.73 Å². The highest BCUT2D eigenvalue weighted by Crippen LogP contribution is 2.06. The summed E-state index contributed by atoms with van der Waals surface area (Å²) in [5, 5.41) is -0.00847. The number of nitrogens with two attached hydrogens (primary N) is 1. The Labute approximate surface area is 93.5 Å². The standard InChI is InChI=1S/C10H8FN3O3/c11-5-1-2-7-6(3-5)9(16)14(4-8(12)15)10(17)13-7/h1-3H,4H2,(H2,12,15)(H,13,17). The van der Waals surface area contributed by atoms with E-state index in [0.717, 1.165) is 12.1 Å². The number of carbonyl (C=O) groups excluding carboxylic acids is 1. The molecule has 7 heteroatoms. The number of benzene rings is 1. The van der Waals surface area contributed by atoms with Crippen molar-refractivity contribution in [3.8, 4) is 0 Å². The summed E-state index contributed by atoms with van der Waals surface area (Å²) in [6.45, 7) is -0.541. The zero-order chi connectivity index (χ0) is 12.6. The largest absolute Gasteiger partial charge is 0.368 e. The maximum absolute atomic E-state index is 13.0. The van der Waals surface area contributed by atoms with Crippen LogP contribution in [0.4, 0.5) is 4.39 Å². The number of aromatic nitrogens is 2. The highest BCUT2D eigenvalue weighted by Gasteiger charge is 2.09. The Morgan fingerprint density at radius 1 is 1.41 bits per heavy atom. The van der Waals surface area contributed by atoms with Gasteiger partial charge in [0.1, 0.15) is 12.4 Å². The number of fused-ring (bicyclic) bond motifs is 1. The lowest BCUT2D eigenvalue weighted by molar-refractivity contribution is -0.118. The van der Waals surface area contributed by atoms with E-state index in [1.807, 2.05) is 0 Å². The number of carbonyl (C=O) groups is 1. The lowest BCUT2D eigenvalue weighted by atomic mass is 10.2. The van der Waals surface area contributed by atoms with Crippen LogP contribution in [0.2, 0.25) is 0 Å². The zero-order valence-electron chi connectivity index (χ0n) is 8.57. The molecule has 1 amide bonds. The third kappa shape index (κ3) is 1.94. The summed E-state index contributed by atoms with van der Waals surface area (Å²) in [6.07, 6.45) is 0. The van der Waals surface area contributed by atoms with Crippen LogP contribution >= 0.6 is 0 Å². The van der Waals surface area contributed by atoms with Crippen molar-refractivity contribution in [2.75, 3.05) is 0 Å². The third-order valence-electron chi connectivity index (χ3n) is 2.26. The second-order valence-electron chi connectivity index (χ2n) is 3.48. The first-order chi connectivity index (χ1) is 7.99. The molecule has 0 bridgehead atoms. The minimum Gasteiger partial charge on any atom is -0.368 e. The van der Waals surface area contributed by atoms with Crippen molar-refractivity contribution < 1.29 is 9.18 Å². The van der Waals surface area contributed by atoms with Crippen LogP contribution in [0.25, 0.3) is 10.9 Å². The molecule has 0 saturated heterocycles. The lowest BCUT2D eigenvalue weighted by Gasteiger charge is -2.03. The highest BCUT2D eigenvalue weighted by molar-refractivity contribution is 5.78. The van der Waals surface area contributed by atoms with Gasteiger partial charge in [-0.25, -0.2) is 9.18 Å². The Bertz CT molecular complexity index is 717. The molecule has 0 aliphatic heterocycles. The molecule has 0 unspecified atom stereocenters. The van der Waals surface area contributed by atoms with Crippen molar-refractivity contribution in [1.82, 2.24) is 9.55 Å². The maximum atomic E-state index is 13.0. The molecule has 0 saturated carbocycles. The molecule has 2 aromatic rings. The van der Waals surface area contributed by atoms with Crippen molar-refractivity contribution >= 4 is 16.8 Å². The van der Waals surface area contributed by atoms with Crippen LogP contribution < -0.4 is 17.0 Å². The fourth-order valence-electron chi connectivity index (χ4n) is 1.52. The first-order valence-corrected chi connectivity index (χ1v) is 4.70. The minimum atomic E-state index is -0.826. The number of rotatable bonds is 2. The number of aromatic amines is 1. The molecule has 0 atom stereocenters. The number of nitrogens with zero attached hydrogens (tertiary/aromatic N) is 1. The van der Waals surface area contributed by atoms with E-state index in [9.17, 15) is 18.8 Å². The quantitative estimate of drug-likeness (QED) is 0.723. The second kappa shape index (κ2) is 3.85. The summed E-state index contributed by atoms with van der Waals surface area (Å²) in [5.74, 6) is -1.43. The monoisotopic (exact) mass is 237 g/mol. The summed E-state index contributed by atoms with van der Waals surface area (Å²) >= 11 is 0. The van der Waals surface area contributed by atoms with Crippen LogP contribution in [0.3, 0.4) is 0 Å². The topological polar surface area (TPSA) is 97.9 Å². The molecule has 3 N–H and O–H groups in total. The third-order valence-corrected chi connectivity index (χ3v) is 2.26. The SMILES string of the molecule is NC(=O)Cn1c(=O)[nH]c2ccc(F)cc2c1=O. The summed E-state index contributed by atoms with van der Waals surface area (Å²) in [7, 11) is 0. The molecule has 1 aromatic heterocycles. The second-order valence-corrected chi connectivity index (χ2v) is 3.48. The Hall–Kier alpha value is -2.44. The van der Waals surface area contributed by atoms with Gasteiger partial charge in [-0.3, -0.25) is 14.2 Å². The van der Waals surface area contributed by atoms with Crippen LogP contribution in [-0.4, -0.2) is 15.5 Å². The zero-order valence-corrected chi connectivity index (χ0v) is 8.57. The number of hydrogen-bond acceptors (Lipinski definition) is 3. The van der Waals surface area contributed by atoms with Crippen LogP contribution in [-0.2, 0) is 11.3 Å². The molecule has 17 heavy (non-hydrogen) atoms.